The molecule has 2 saturated carbocycles. The van der Waals surface area contributed by atoms with Gasteiger partial charge in [0, 0.05) is 18.6 Å². The number of hydrogen-bond donors (Lipinski definition) is 2. The summed E-state index contributed by atoms with van der Waals surface area (Å²) in [6, 6.07) is -0.448. The van der Waals surface area contributed by atoms with Gasteiger partial charge in [-0.25, -0.2) is 0 Å². The molecule has 31 heavy (non-hydrogen) atoms. The number of fused-ring (bicyclic) bond motifs is 1. The summed E-state index contributed by atoms with van der Waals surface area (Å²) >= 11 is 0. The summed E-state index contributed by atoms with van der Waals surface area (Å²) < 4.78 is 6.32. The van der Waals surface area contributed by atoms with Crippen LogP contribution < -0.4 is 10.6 Å². The second kappa shape index (κ2) is 8.08. The lowest BCUT2D eigenvalue weighted by Crippen LogP contribution is -2.56. The van der Waals surface area contributed by atoms with Crippen LogP contribution in [0.4, 0.5) is 0 Å². The topological polar surface area (TPSA) is 87.7 Å². The Bertz CT molecular complexity index is 799. The zero-order chi connectivity index (χ0) is 21.6. The second-order valence-corrected chi connectivity index (χ2v) is 9.81. The SMILES string of the molecule is C=CCN1C(=O)[C@H]2[C@@H](C(=O)NC3CCCCC3)[C@H]3C=C[C@]2(O3)[C@H]1C(=O)NC1CCCC1. The van der Waals surface area contributed by atoms with Gasteiger partial charge >= 0.3 is 0 Å². The van der Waals surface area contributed by atoms with Crippen LogP contribution in [0.3, 0.4) is 0 Å². The van der Waals surface area contributed by atoms with Gasteiger partial charge in [-0.2, -0.15) is 0 Å². The molecule has 168 valence electrons. The molecule has 7 nitrogen and oxygen atoms in total. The number of carbonyl (C=O) groups excluding carboxylic acids is 3. The Morgan fingerprint density at radius 2 is 1.68 bits per heavy atom. The molecule has 0 unspecified atom stereocenters. The average molecular weight is 428 g/mol. The molecule has 4 fully saturated rings. The fourth-order valence-corrected chi connectivity index (χ4v) is 6.50. The number of ether oxygens (including phenoxy) is 1. The Balaban J connectivity index is 1.40. The minimum atomic E-state index is -1.07. The second-order valence-electron chi connectivity index (χ2n) is 9.81. The molecule has 0 radical (unpaired) electrons. The smallest absolute Gasteiger partial charge is 0.246 e. The number of nitrogens with zero attached hydrogens (tertiary/aromatic N) is 1. The first-order valence-corrected chi connectivity index (χ1v) is 11.9. The Labute approximate surface area is 183 Å². The number of carbonyl (C=O) groups is 3. The highest BCUT2D eigenvalue weighted by molar-refractivity contribution is 6.00. The van der Waals surface area contributed by atoms with Crippen LogP contribution in [-0.2, 0) is 19.1 Å². The normalized spacial score (nSPS) is 37.3. The van der Waals surface area contributed by atoms with Crippen LogP contribution in [0.2, 0.25) is 0 Å². The summed E-state index contributed by atoms with van der Waals surface area (Å²) in [4.78, 5) is 41.8. The molecule has 2 bridgehead atoms. The molecule has 3 aliphatic heterocycles. The zero-order valence-corrected chi connectivity index (χ0v) is 18.1. The average Bonchev–Trinajstić information content (AvgIpc) is 3.52. The molecule has 5 rings (SSSR count). The maximum atomic E-state index is 13.5. The third kappa shape index (κ3) is 3.32. The van der Waals surface area contributed by atoms with Crippen LogP contribution in [0.5, 0.6) is 0 Å². The molecule has 2 N–H and O–H groups in total. The first-order chi connectivity index (χ1) is 15.0. The van der Waals surface area contributed by atoms with Crippen LogP contribution in [0.15, 0.2) is 24.8 Å². The third-order valence-corrected chi connectivity index (χ3v) is 7.90. The number of rotatable bonds is 6. The van der Waals surface area contributed by atoms with Crippen molar-refractivity contribution in [1.82, 2.24) is 15.5 Å². The molecule has 5 aliphatic rings. The molecule has 5 atom stereocenters. The van der Waals surface area contributed by atoms with Gasteiger partial charge < -0.3 is 20.3 Å². The standard InChI is InChI=1S/C24H33N3O4/c1-2-14-27-20(22(29)26-16-10-6-7-11-16)24-13-12-17(31-24)18(19(24)23(27)30)21(28)25-15-8-4-3-5-9-15/h2,12-13,15-20H,1,3-11,14H2,(H,25,28)(H,26,29)/t17-,18+,19-,20-,24-/m1/s1. The Hall–Kier alpha value is -2.15. The molecule has 7 heteroatoms. The molecule has 3 amide bonds. The summed E-state index contributed by atoms with van der Waals surface area (Å²) in [7, 11) is 0. The Morgan fingerprint density at radius 3 is 2.32 bits per heavy atom. The largest absolute Gasteiger partial charge is 0.359 e. The van der Waals surface area contributed by atoms with Gasteiger partial charge in [0.25, 0.3) is 0 Å². The minimum absolute atomic E-state index is 0.114. The maximum Gasteiger partial charge on any atom is 0.246 e. The van der Waals surface area contributed by atoms with E-state index < -0.39 is 29.6 Å². The summed E-state index contributed by atoms with van der Waals surface area (Å²) in [6.45, 7) is 4.04. The molecule has 0 aromatic rings. The van der Waals surface area contributed by atoms with Crippen LogP contribution in [0, 0.1) is 11.8 Å². The van der Waals surface area contributed by atoms with E-state index >= 15 is 0 Å². The van der Waals surface area contributed by atoms with Crippen molar-refractivity contribution >= 4 is 17.7 Å². The van der Waals surface area contributed by atoms with Crippen molar-refractivity contribution in [3.63, 3.8) is 0 Å². The van der Waals surface area contributed by atoms with E-state index in [1.807, 2.05) is 12.2 Å². The van der Waals surface area contributed by atoms with Gasteiger partial charge in [0.05, 0.1) is 17.9 Å². The van der Waals surface area contributed by atoms with Crippen LogP contribution >= 0.6 is 0 Å². The van der Waals surface area contributed by atoms with E-state index in [0.29, 0.717) is 0 Å². The molecular formula is C24H33N3O4. The Morgan fingerprint density at radius 1 is 1.06 bits per heavy atom. The van der Waals surface area contributed by atoms with E-state index in [2.05, 4.69) is 17.2 Å². The number of hydrogen-bond acceptors (Lipinski definition) is 4. The lowest BCUT2D eigenvalue weighted by atomic mass is 9.74. The molecule has 0 aromatic carbocycles. The van der Waals surface area contributed by atoms with Crippen molar-refractivity contribution in [1.29, 1.82) is 0 Å². The first kappa shape index (κ1) is 20.7. The van der Waals surface area contributed by atoms with Gasteiger partial charge in [-0.1, -0.05) is 50.3 Å². The summed E-state index contributed by atoms with van der Waals surface area (Å²) in [5.74, 6) is -1.72. The zero-order valence-electron chi connectivity index (χ0n) is 18.1. The lowest BCUT2D eigenvalue weighted by molar-refractivity contribution is -0.141. The highest BCUT2D eigenvalue weighted by atomic mass is 16.5. The van der Waals surface area contributed by atoms with Gasteiger partial charge in [0.1, 0.15) is 11.6 Å². The number of amides is 3. The molecular weight excluding hydrogens is 394 g/mol. The molecule has 2 saturated heterocycles. The van der Waals surface area contributed by atoms with E-state index in [0.717, 1.165) is 51.4 Å². The van der Waals surface area contributed by atoms with Gasteiger partial charge in [0.2, 0.25) is 17.7 Å². The third-order valence-electron chi connectivity index (χ3n) is 7.90. The summed E-state index contributed by atoms with van der Waals surface area (Å²) in [5, 5.41) is 6.33. The van der Waals surface area contributed by atoms with Crippen molar-refractivity contribution in [2.75, 3.05) is 6.54 Å². The van der Waals surface area contributed by atoms with Gasteiger partial charge in [-0.3, -0.25) is 14.4 Å². The monoisotopic (exact) mass is 427 g/mol. The molecule has 2 aliphatic carbocycles. The molecule has 0 aromatic heterocycles. The quantitative estimate of drug-likeness (QED) is 0.633. The fraction of sp³-hybridized carbons (Fsp3) is 0.708. The van der Waals surface area contributed by atoms with E-state index in [1.165, 1.54) is 6.42 Å². The highest BCUT2D eigenvalue weighted by Gasteiger charge is 2.72. The first-order valence-electron chi connectivity index (χ1n) is 11.9. The predicted molar refractivity (Wildman–Crippen MR) is 115 cm³/mol. The lowest BCUT2D eigenvalue weighted by Gasteiger charge is -2.32. The van der Waals surface area contributed by atoms with Gasteiger partial charge in [-0.05, 0) is 25.7 Å². The van der Waals surface area contributed by atoms with Crippen LogP contribution in [0.1, 0.15) is 57.8 Å². The summed E-state index contributed by atoms with van der Waals surface area (Å²) in [6.07, 6.45) is 14.5. The van der Waals surface area contributed by atoms with Crippen molar-refractivity contribution in [2.24, 2.45) is 11.8 Å². The summed E-state index contributed by atoms with van der Waals surface area (Å²) in [5.41, 5.74) is -1.07. The van der Waals surface area contributed by atoms with Crippen molar-refractivity contribution in [3.05, 3.63) is 24.8 Å². The highest BCUT2D eigenvalue weighted by Crippen LogP contribution is 2.55. The van der Waals surface area contributed by atoms with E-state index in [1.54, 1.807) is 11.0 Å². The van der Waals surface area contributed by atoms with Gasteiger partial charge in [0.15, 0.2) is 0 Å². The molecule has 1 spiro atoms. The predicted octanol–water partition coefficient (Wildman–Crippen LogP) is 1.83. The fourth-order valence-electron chi connectivity index (χ4n) is 6.50. The number of likely N-dealkylation sites (tertiary alicyclic amines) is 1. The van der Waals surface area contributed by atoms with E-state index in [9.17, 15) is 14.4 Å². The Kier molecular flexibility index (Phi) is 5.40. The van der Waals surface area contributed by atoms with Crippen molar-refractivity contribution in [3.8, 4) is 0 Å². The number of nitrogens with one attached hydrogen (secondary N) is 2. The van der Waals surface area contributed by atoms with Crippen LogP contribution in [-0.4, -0.2) is 59.0 Å². The van der Waals surface area contributed by atoms with Crippen molar-refractivity contribution in [2.45, 2.75) is 87.6 Å². The maximum absolute atomic E-state index is 13.5. The van der Waals surface area contributed by atoms with Crippen LogP contribution in [0.25, 0.3) is 0 Å². The molecule has 3 heterocycles. The van der Waals surface area contributed by atoms with Gasteiger partial charge in [-0.15, -0.1) is 6.58 Å². The van der Waals surface area contributed by atoms with Crippen molar-refractivity contribution < 1.29 is 19.1 Å². The minimum Gasteiger partial charge on any atom is -0.359 e. The van der Waals surface area contributed by atoms with E-state index in [-0.39, 0.29) is 36.3 Å². The van der Waals surface area contributed by atoms with E-state index in [4.69, 9.17) is 4.74 Å².